The summed E-state index contributed by atoms with van der Waals surface area (Å²) in [6.45, 7) is 5.65. The fourth-order valence-electron chi connectivity index (χ4n) is 2.81. The molecule has 0 N–H and O–H groups in total. The van der Waals surface area contributed by atoms with E-state index < -0.39 is 0 Å². The SMILES string of the molecule is Cc1cc(C)n(-c2nncn2/N=C\c2c(C)nn(-c3ccc(F)cc3)c2Cl)n1. The van der Waals surface area contributed by atoms with Crippen molar-refractivity contribution in [2.24, 2.45) is 5.10 Å². The number of aryl methyl sites for hydroxylation is 3. The average molecular weight is 399 g/mol. The first-order valence-electron chi connectivity index (χ1n) is 8.43. The number of rotatable bonds is 4. The fraction of sp³-hybridized carbons (Fsp3) is 0.167. The Labute approximate surface area is 164 Å². The largest absolute Gasteiger partial charge is 0.273 e. The molecule has 0 radical (unpaired) electrons. The molecule has 1 aromatic carbocycles. The molecule has 3 heterocycles. The van der Waals surface area contributed by atoms with Crippen molar-refractivity contribution in [1.29, 1.82) is 0 Å². The Morgan fingerprint density at radius 2 is 1.82 bits per heavy atom. The molecule has 0 saturated carbocycles. The third kappa shape index (κ3) is 3.20. The predicted molar refractivity (Wildman–Crippen MR) is 103 cm³/mol. The Morgan fingerprint density at radius 3 is 2.50 bits per heavy atom. The normalized spacial score (nSPS) is 11.6. The lowest BCUT2D eigenvalue weighted by atomic mass is 10.3. The molecule has 0 bridgehead atoms. The zero-order chi connectivity index (χ0) is 19.8. The lowest BCUT2D eigenvalue weighted by Gasteiger charge is -2.03. The summed E-state index contributed by atoms with van der Waals surface area (Å²) in [6.07, 6.45) is 3.07. The highest BCUT2D eigenvalue weighted by molar-refractivity contribution is 6.32. The van der Waals surface area contributed by atoms with Crippen molar-refractivity contribution in [3.05, 3.63) is 70.3 Å². The topological polar surface area (TPSA) is 78.7 Å². The second-order valence-corrected chi connectivity index (χ2v) is 6.60. The van der Waals surface area contributed by atoms with Gasteiger partial charge in [0.2, 0.25) is 0 Å². The van der Waals surface area contributed by atoms with E-state index in [0.717, 1.165) is 11.4 Å². The summed E-state index contributed by atoms with van der Waals surface area (Å²) < 4.78 is 17.9. The van der Waals surface area contributed by atoms with Gasteiger partial charge in [0.05, 0.1) is 28.9 Å². The Hall–Kier alpha value is -3.33. The third-order valence-electron chi connectivity index (χ3n) is 4.14. The lowest BCUT2D eigenvalue weighted by Crippen LogP contribution is -2.06. The summed E-state index contributed by atoms with van der Waals surface area (Å²) in [7, 11) is 0. The molecule has 0 aliphatic rings. The van der Waals surface area contributed by atoms with E-state index in [1.807, 2.05) is 26.8 Å². The van der Waals surface area contributed by atoms with Gasteiger partial charge in [-0.1, -0.05) is 11.6 Å². The molecule has 0 spiro atoms. The molecule has 0 aliphatic heterocycles. The summed E-state index contributed by atoms with van der Waals surface area (Å²) in [4.78, 5) is 0. The van der Waals surface area contributed by atoms with E-state index in [2.05, 4.69) is 25.5 Å². The highest BCUT2D eigenvalue weighted by atomic mass is 35.5. The molecule has 28 heavy (non-hydrogen) atoms. The van der Waals surface area contributed by atoms with E-state index in [1.54, 1.807) is 23.0 Å². The monoisotopic (exact) mass is 398 g/mol. The van der Waals surface area contributed by atoms with Crippen molar-refractivity contribution in [3.8, 4) is 11.6 Å². The average Bonchev–Trinajstić information content (AvgIpc) is 3.32. The van der Waals surface area contributed by atoms with E-state index in [4.69, 9.17) is 11.6 Å². The van der Waals surface area contributed by atoms with Gasteiger partial charge in [0.15, 0.2) is 0 Å². The molecular weight excluding hydrogens is 383 g/mol. The van der Waals surface area contributed by atoms with Crippen LogP contribution in [0.25, 0.3) is 11.6 Å². The minimum absolute atomic E-state index is 0.324. The van der Waals surface area contributed by atoms with Crippen LogP contribution in [-0.2, 0) is 0 Å². The quantitative estimate of drug-likeness (QED) is 0.494. The summed E-state index contributed by atoms with van der Waals surface area (Å²) in [6, 6.07) is 7.86. The molecule has 3 aromatic heterocycles. The maximum absolute atomic E-state index is 13.2. The van der Waals surface area contributed by atoms with Crippen LogP contribution in [0.3, 0.4) is 0 Å². The van der Waals surface area contributed by atoms with Crippen molar-refractivity contribution in [1.82, 2.24) is 34.4 Å². The van der Waals surface area contributed by atoms with E-state index in [-0.39, 0.29) is 5.82 Å². The number of aromatic nitrogens is 7. The summed E-state index contributed by atoms with van der Waals surface area (Å²) in [5.74, 6) is 0.136. The van der Waals surface area contributed by atoms with E-state index in [9.17, 15) is 4.39 Å². The summed E-state index contributed by atoms with van der Waals surface area (Å²) in [5, 5.41) is 21.6. The summed E-state index contributed by atoms with van der Waals surface area (Å²) in [5.41, 5.74) is 3.76. The molecule has 4 rings (SSSR count). The first-order chi connectivity index (χ1) is 13.4. The van der Waals surface area contributed by atoms with Gasteiger partial charge in [-0.3, -0.25) is 0 Å². The fourth-order valence-corrected chi connectivity index (χ4v) is 3.13. The van der Waals surface area contributed by atoms with Crippen LogP contribution in [0.15, 0.2) is 41.8 Å². The van der Waals surface area contributed by atoms with Crippen LogP contribution < -0.4 is 0 Å². The molecule has 4 aromatic rings. The van der Waals surface area contributed by atoms with Crippen LogP contribution in [0.4, 0.5) is 4.39 Å². The molecule has 0 atom stereocenters. The lowest BCUT2D eigenvalue weighted by molar-refractivity contribution is 0.627. The van der Waals surface area contributed by atoms with Gasteiger partial charge < -0.3 is 0 Å². The zero-order valence-electron chi connectivity index (χ0n) is 15.4. The van der Waals surface area contributed by atoms with Gasteiger partial charge in [-0.15, -0.1) is 10.2 Å². The van der Waals surface area contributed by atoms with Crippen LogP contribution in [0.5, 0.6) is 0 Å². The number of hydrogen-bond donors (Lipinski definition) is 0. The van der Waals surface area contributed by atoms with Gasteiger partial charge in [-0.25, -0.2) is 13.8 Å². The van der Waals surface area contributed by atoms with E-state index in [1.165, 1.54) is 27.8 Å². The highest BCUT2D eigenvalue weighted by Gasteiger charge is 2.15. The van der Waals surface area contributed by atoms with Gasteiger partial charge in [0, 0.05) is 5.69 Å². The van der Waals surface area contributed by atoms with Crippen LogP contribution in [0.1, 0.15) is 22.6 Å². The Bertz CT molecular complexity index is 1170. The van der Waals surface area contributed by atoms with Crippen molar-refractivity contribution >= 4 is 17.8 Å². The number of hydrogen-bond acceptors (Lipinski definition) is 5. The molecule has 8 nitrogen and oxygen atoms in total. The van der Waals surface area contributed by atoms with Crippen molar-refractivity contribution in [2.45, 2.75) is 20.8 Å². The Kier molecular flexibility index (Phi) is 4.52. The van der Waals surface area contributed by atoms with Gasteiger partial charge in [0.1, 0.15) is 17.3 Å². The molecule has 0 aliphatic carbocycles. The molecule has 10 heteroatoms. The first-order valence-corrected chi connectivity index (χ1v) is 8.81. The first kappa shape index (κ1) is 18.1. The summed E-state index contributed by atoms with van der Waals surface area (Å²) >= 11 is 6.49. The zero-order valence-corrected chi connectivity index (χ0v) is 16.1. The second kappa shape index (κ2) is 7.01. The molecule has 142 valence electrons. The molecule has 0 unspecified atom stereocenters. The maximum Gasteiger partial charge on any atom is 0.273 e. The minimum Gasteiger partial charge on any atom is -0.221 e. The predicted octanol–water partition coefficient (Wildman–Crippen LogP) is 3.25. The van der Waals surface area contributed by atoms with Gasteiger partial charge >= 0.3 is 0 Å². The van der Waals surface area contributed by atoms with E-state index in [0.29, 0.717) is 28.0 Å². The second-order valence-electron chi connectivity index (χ2n) is 6.24. The Balaban J connectivity index is 1.69. The minimum atomic E-state index is -0.324. The third-order valence-corrected chi connectivity index (χ3v) is 4.51. The molecule has 0 amide bonds. The van der Waals surface area contributed by atoms with Crippen LogP contribution in [0.2, 0.25) is 5.15 Å². The van der Waals surface area contributed by atoms with Crippen LogP contribution >= 0.6 is 11.6 Å². The maximum atomic E-state index is 13.2. The van der Waals surface area contributed by atoms with Crippen molar-refractivity contribution in [3.63, 3.8) is 0 Å². The number of benzene rings is 1. The molecular formula is C18H16ClFN8. The van der Waals surface area contributed by atoms with E-state index >= 15 is 0 Å². The van der Waals surface area contributed by atoms with Crippen molar-refractivity contribution < 1.29 is 4.39 Å². The Morgan fingerprint density at radius 1 is 1.07 bits per heavy atom. The van der Waals surface area contributed by atoms with Crippen LogP contribution in [0, 0.1) is 26.6 Å². The standard InChI is InChI=1S/C18H16ClFN8/c1-11-8-12(2)27(24-11)18-23-21-10-26(18)22-9-16-13(3)25-28(17(16)19)15-6-4-14(20)5-7-15/h4-10H,1-3H3/b22-9-. The van der Waals surface area contributed by atoms with Gasteiger partial charge in [-0.2, -0.15) is 20.0 Å². The van der Waals surface area contributed by atoms with Crippen LogP contribution in [-0.4, -0.2) is 40.6 Å². The molecule has 0 fully saturated rings. The smallest absolute Gasteiger partial charge is 0.221 e. The number of halogens is 2. The number of nitrogens with zero attached hydrogens (tertiary/aromatic N) is 8. The van der Waals surface area contributed by atoms with Crippen molar-refractivity contribution in [2.75, 3.05) is 0 Å². The molecule has 0 saturated heterocycles. The van der Waals surface area contributed by atoms with Gasteiger partial charge in [0.25, 0.3) is 5.95 Å². The highest BCUT2D eigenvalue weighted by Crippen LogP contribution is 2.22. The van der Waals surface area contributed by atoms with Gasteiger partial charge in [-0.05, 0) is 51.1 Å².